The number of hydrogen-bond acceptors (Lipinski definition) is 6. The van der Waals surface area contributed by atoms with Crippen LogP contribution in [-0.4, -0.2) is 57.3 Å². The number of carboxylic acid groups (broad SMARTS) is 1. The molecule has 0 saturated heterocycles. The maximum Gasteiger partial charge on any atom is 0.303 e. The molecule has 0 saturated carbocycles. The Morgan fingerprint density at radius 1 is 1.12 bits per heavy atom. The molecule has 0 amide bonds. The Labute approximate surface area is 246 Å². The number of likely N-dealkylation sites (N-methyl/N-ethyl adjacent to an activating group) is 1. The number of nitrogens with zero attached hydrogens (tertiary/aromatic N) is 2. The molecule has 6 nitrogen and oxygen atoms in total. The van der Waals surface area contributed by atoms with Crippen LogP contribution in [-0.2, 0) is 24.1 Å². The lowest BCUT2D eigenvalue weighted by Crippen LogP contribution is -2.45. The highest BCUT2D eigenvalue weighted by molar-refractivity contribution is 7.97. The molecular weight excluding hydrogens is 544 g/mol. The number of aryl methyl sites for hydroxylation is 3. The second kappa shape index (κ2) is 15.4. The Morgan fingerprint density at radius 2 is 1.90 bits per heavy atom. The Kier molecular flexibility index (Phi) is 12.3. The van der Waals surface area contributed by atoms with E-state index in [-0.39, 0.29) is 24.2 Å². The number of halogens is 2. The van der Waals surface area contributed by atoms with Crippen molar-refractivity contribution in [3.63, 3.8) is 0 Å². The number of rotatable bonds is 16. The number of aliphatic carboxylic acids is 1. The quantitative estimate of drug-likeness (QED) is 0.134. The van der Waals surface area contributed by atoms with E-state index < -0.39 is 18.0 Å². The van der Waals surface area contributed by atoms with Crippen molar-refractivity contribution < 1.29 is 23.8 Å². The molecule has 222 valence electrons. The molecule has 0 spiro atoms. The average molecular weight is 586 g/mol. The van der Waals surface area contributed by atoms with Gasteiger partial charge in [0.15, 0.2) is 0 Å². The van der Waals surface area contributed by atoms with E-state index in [1.165, 1.54) is 24.1 Å². The zero-order valence-corrected chi connectivity index (χ0v) is 25.1. The van der Waals surface area contributed by atoms with E-state index in [2.05, 4.69) is 24.1 Å². The summed E-state index contributed by atoms with van der Waals surface area (Å²) in [5.74, 6) is -1.75. The highest BCUT2D eigenvalue weighted by atomic mass is 32.2. The van der Waals surface area contributed by atoms with Crippen LogP contribution in [0.25, 0.3) is 11.1 Å². The summed E-state index contributed by atoms with van der Waals surface area (Å²) in [5, 5.41) is 23.3. The molecule has 3 N–H and O–H groups in total. The van der Waals surface area contributed by atoms with Gasteiger partial charge in [-0.3, -0.25) is 4.79 Å². The van der Waals surface area contributed by atoms with Crippen LogP contribution in [0.4, 0.5) is 8.78 Å². The third kappa shape index (κ3) is 10.5. The van der Waals surface area contributed by atoms with E-state index in [1.54, 1.807) is 24.4 Å². The van der Waals surface area contributed by atoms with E-state index >= 15 is 0 Å². The van der Waals surface area contributed by atoms with E-state index in [4.69, 9.17) is 5.11 Å². The van der Waals surface area contributed by atoms with Crippen LogP contribution in [0.3, 0.4) is 0 Å². The van der Waals surface area contributed by atoms with Gasteiger partial charge in [0.2, 0.25) is 5.95 Å². The van der Waals surface area contributed by atoms with Gasteiger partial charge >= 0.3 is 5.97 Å². The van der Waals surface area contributed by atoms with E-state index in [0.29, 0.717) is 24.2 Å². The molecule has 0 radical (unpaired) electrons. The van der Waals surface area contributed by atoms with Crippen molar-refractivity contribution >= 4 is 17.9 Å². The minimum atomic E-state index is -0.912. The Morgan fingerprint density at radius 3 is 2.59 bits per heavy atom. The van der Waals surface area contributed by atoms with Crippen molar-refractivity contribution in [1.29, 1.82) is 0 Å². The van der Waals surface area contributed by atoms with Crippen molar-refractivity contribution in [1.82, 2.24) is 14.6 Å². The third-order valence-corrected chi connectivity index (χ3v) is 8.09. The van der Waals surface area contributed by atoms with Crippen LogP contribution in [0.15, 0.2) is 59.6 Å². The van der Waals surface area contributed by atoms with Crippen LogP contribution < -0.4 is 5.32 Å². The third-order valence-electron chi connectivity index (χ3n) is 7.03. The maximum atomic E-state index is 14.9. The predicted molar refractivity (Wildman–Crippen MR) is 161 cm³/mol. The molecule has 0 unspecified atom stereocenters. The molecule has 0 fully saturated rings. The summed E-state index contributed by atoms with van der Waals surface area (Å²) in [6, 6.07) is 13.8. The number of aliphatic hydroxyl groups is 1. The summed E-state index contributed by atoms with van der Waals surface area (Å²) in [7, 11) is 1.93. The molecule has 0 bridgehead atoms. The zero-order chi connectivity index (χ0) is 30.0. The Bertz CT molecular complexity index is 1290. The van der Waals surface area contributed by atoms with Crippen molar-refractivity contribution in [2.75, 3.05) is 20.1 Å². The highest BCUT2D eigenvalue weighted by Crippen LogP contribution is 2.33. The minimum absolute atomic E-state index is 0.0576. The molecule has 1 heterocycles. The summed E-state index contributed by atoms with van der Waals surface area (Å²) in [6.45, 7) is 7.16. The first-order chi connectivity index (χ1) is 19.5. The van der Waals surface area contributed by atoms with Gasteiger partial charge in [0.25, 0.3) is 0 Å². The van der Waals surface area contributed by atoms with Crippen molar-refractivity contribution in [2.45, 2.75) is 75.8 Å². The minimum Gasteiger partial charge on any atom is -0.481 e. The van der Waals surface area contributed by atoms with Crippen LogP contribution in [0.5, 0.6) is 0 Å². The standard InChI is InChI=1S/C32H41F2N3O3S/c1-5-23-18-25(31-24(13-16-30(39)40)9-6-10-27(31)33)12-14-28(23)41-37(4)21-26(38)20-36-32(2,3)17-7-8-22-11-15-29(34)35-19-22/h6,9-12,14-15,18-19,26,36,38H,5,7-8,13,16-17,20-21H2,1-4H3,(H,39,40)/t26-/m1/s1. The average Bonchev–Trinajstić information content (AvgIpc) is 2.92. The molecule has 2 aromatic carbocycles. The smallest absolute Gasteiger partial charge is 0.303 e. The first kappa shape index (κ1) is 32.7. The second-order valence-electron chi connectivity index (χ2n) is 11.0. The monoisotopic (exact) mass is 585 g/mol. The van der Waals surface area contributed by atoms with E-state index in [1.807, 2.05) is 36.5 Å². The van der Waals surface area contributed by atoms with Gasteiger partial charge in [-0.2, -0.15) is 4.39 Å². The molecule has 3 rings (SSSR count). The van der Waals surface area contributed by atoms with E-state index in [0.717, 1.165) is 47.3 Å². The molecule has 41 heavy (non-hydrogen) atoms. The molecule has 0 aliphatic heterocycles. The van der Waals surface area contributed by atoms with Gasteiger partial charge < -0.3 is 15.5 Å². The highest BCUT2D eigenvalue weighted by Gasteiger charge is 2.20. The lowest BCUT2D eigenvalue weighted by atomic mass is 9.94. The largest absolute Gasteiger partial charge is 0.481 e. The van der Waals surface area contributed by atoms with Crippen molar-refractivity contribution in [3.05, 3.63) is 83.2 Å². The first-order valence-corrected chi connectivity index (χ1v) is 14.8. The topological polar surface area (TPSA) is 85.7 Å². The Balaban J connectivity index is 1.54. The molecule has 1 aromatic heterocycles. The van der Waals surface area contributed by atoms with Gasteiger partial charge in [0.1, 0.15) is 5.82 Å². The van der Waals surface area contributed by atoms with Gasteiger partial charge in [-0.1, -0.05) is 31.2 Å². The number of carboxylic acids is 1. The fraction of sp³-hybridized carbons (Fsp3) is 0.438. The van der Waals surface area contributed by atoms with Crippen molar-refractivity contribution in [2.24, 2.45) is 0 Å². The molecular formula is C32H41F2N3O3S. The lowest BCUT2D eigenvalue weighted by molar-refractivity contribution is -0.136. The van der Waals surface area contributed by atoms with Gasteiger partial charge in [0.05, 0.1) is 6.10 Å². The van der Waals surface area contributed by atoms with Crippen LogP contribution in [0.1, 0.15) is 56.7 Å². The Hall–Kier alpha value is -2.85. The number of nitrogens with one attached hydrogen (secondary N) is 1. The molecule has 0 aliphatic carbocycles. The van der Waals surface area contributed by atoms with Crippen LogP contribution in [0, 0.1) is 11.8 Å². The van der Waals surface area contributed by atoms with Crippen LogP contribution in [0.2, 0.25) is 0 Å². The SMILES string of the molecule is CCc1cc(-c2c(F)cccc2CCC(=O)O)ccc1SN(C)C[C@H](O)CNC(C)(C)CCCc1ccc(F)nc1. The fourth-order valence-electron chi connectivity index (χ4n) is 4.78. The summed E-state index contributed by atoms with van der Waals surface area (Å²) in [5.41, 5.74) is 3.76. The number of pyridine rings is 1. The van der Waals surface area contributed by atoms with Crippen molar-refractivity contribution in [3.8, 4) is 11.1 Å². The maximum absolute atomic E-state index is 14.9. The summed E-state index contributed by atoms with van der Waals surface area (Å²) < 4.78 is 29.9. The second-order valence-corrected chi connectivity index (χ2v) is 12.3. The molecule has 1 atom stereocenters. The molecule has 3 aromatic rings. The van der Waals surface area contributed by atoms with Gasteiger partial charge in [0, 0.05) is 41.7 Å². The first-order valence-electron chi connectivity index (χ1n) is 14.0. The van der Waals surface area contributed by atoms with E-state index in [9.17, 15) is 18.7 Å². The normalized spacial score (nSPS) is 12.6. The molecule has 9 heteroatoms. The summed E-state index contributed by atoms with van der Waals surface area (Å²) in [4.78, 5) is 15.8. The number of benzene rings is 2. The molecule has 0 aliphatic rings. The summed E-state index contributed by atoms with van der Waals surface area (Å²) in [6.07, 6.45) is 4.58. The van der Waals surface area contributed by atoms with Gasteiger partial charge in [-0.15, -0.1) is 0 Å². The number of hydrogen-bond donors (Lipinski definition) is 3. The number of carbonyl (C=O) groups is 1. The zero-order valence-electron chi connectivity index (χ0n) is 24.3. The number of aliphatic hydroxyl groups excluding tert-OH is 1. The number of aromatic nitrogens is 1. The fourth-order valence-corrected chi connectivity index (χ4v) is 5.81. The van der Waals surface area contributed by atoms with Crippen LogP contribution >= 0.6 is 11.9 Å². The van der Waals surface area contributed by atoms with Gasteiger partial charge in [-0.25, -0.2) is 13.7 Å². The number of β-amino-alcohol motifs (C(OH)–C–C–N with tert-alkyl or cyclic N) is 1. The van der Waals surface area contributed by atoms with Gasteiger partial charge in [-0.05, 0) is 111 Å². The predicted octanol–water partition coefficient (Wildman–Crippen LogP) is 6.30. The summed E-state index contributed by atoms with van der Waals surface area (Å²) >= 11 is 1.54. The lowest BCUT2D eigenvalue weighted by Gasteiger charge is -2.29.